The summed E-state index contributed by atoms with van der Waals surface area (Å²) >= 11 is 0. The molecule has 1 N–H and O–H groups in total. The molecular weight excluding hydrogens is 372 g/mol. The van der Waals surface area contributed by atoms with Crippen molar-refractivity contribution in [1.82, 2.24) is 9.62 Å². The van der Waals surface area contributed by atoms with Gasteiger partial charge in [-0.3, -0.25) is 4.79 Å². The number of amides is 1. The van der Waals surface area contributed by atoms with Crippen molar-refractivity contribution in [3.8, 4) is 17.2 Å². The standard InChI is InChI=1S/C18H28N2O6S/c1-5-27(22,23)20-8-6-7-14(12-20)18(21)19-11-13-9-15(24-2)17(26-4)16(10-13)25-3/h9-10,14H,5-8,11-12H2,1-4H3,(H,19,21)/t14-/m0/s1. The molecule has 1 amide bonds. The van der Waals surface area contributed by atoms with Crippen molar-refractivity contribution in [2.75, 3.05) is 40.2 Å². The average Bonchev–Trinajstić information content (AvgIpc) is 2.70. The molecule has 9 heteroatoms. The maximum atomic E-state index is 12.5. The molecule has 2 rings (SSSR count). The normalized spacial score (nSPS) is 18.0. The summed E-state index contributed by atoms with van der Waals surface area (Å²) in [6.07, 6.45) is 1.36. The lowest BCUT2D eigenvalue weighted by molar-refractivity contribution is -0.126. The first kappa shape index (κ1) is 21.3. The molecule has 0 spiro atoms. The van der Waals surface area contributed by atoms with Crippen molar-refractivity contribution in [3.05, 3.63) is 17.7 Å². The number of carbonyl (C=O) groups excluding carboxylic acids is 1. The lowest BCUT2D eigenvalue weighted by Gasteiger charge is -2.30. The summed E-state index contributed by atoms with van der Waals surface area (Å²) in [5.74, 6) is 1.06. The summed E-state index contributed by atoms with van der Waals surface area (Å²) in [5.41, 5.74) is 0.798. The number of sulfonamides is 1. The Morgan fingerprint density at radius 2 is 1.81 bits per heavy atom. The Hall–Kier alpha value is -2.00. The summed E-state index contributed by atoms with van der Waals surface area (Å²) in [6.45, 7) is 2.61. The van der Waals surface area contributed by atoms with E-state index >= 15 is 0 Å². The van der Waals surface area contributed by atoms with Crippen LogP contribution in [0.3, 0.4) is 0 Å². The fourth-order valence-corrected chi connectivity index (χ4v) is 4.34. The molecule has 1 aliphatic heterocycles. The first-order valence-corrected chi connectivity index (χ1v) is 10.5. The number of nitrogens with zero attached hydrogens (tertiary/aromatic N) is 1. The largest absolute Gasteiger partial charge is 0.493 e. The van der Waals surface area contributed by atoms with Crippen LogP contribution in [0.5, 0.6) is 17.2 Å². The van der Waals surface area contributed by atoms with E-state index in [1.807, 2.05) is 0 Å². The van der Waals surface area contributed by atoms with Crippen LogP contribution in [-0.4, -0.2) is 58.8 Å². The van der Waals surface area contributed by atoms with Gasteiger partial charge in [0.05, 0.1) is 33.0 Å². The van der Waals surface area contributed by atoms with E-state index in [2.05, 4.69) is 5.32 Å². The Balaban J connectivity index is 2.05. The van der Waals surface area contributed by atoms with Crippen LogP contribution in [0.1, 0.15) is 25.3 Å². The third kappa shape index (κ3) is 5.04. The number of piperidine rings is 1. The summed E-state index contributed by atoms with van der Waals surface area (Å²) in [5, 5.41) is 2.89. The summed E-state index contributed by atoms with van der Waals surface area (Å²) < 4.78 is 41.5. The molecule has 1 aromatic rings. The molecule has 1 saturated heterocycles. The maximum absolute atomic E-state index is 12.5. The molecule has 1 fully saturated rings. The molecule has 0 radical (unpaired) electrons. The second-order valence-corrected chi connectivity index (χ2v) is 8.61. The minimum Gasteiger partial charge on any atom is -0.493 e. The monoisotopic (exact) mass is 400 g/mol. The van der Waals surface area contributed by atoms with Crippen molar-refractivity contribution in [2.45, 2.75) is 26.3 Å². The van der Waals surface area contributed by atoms with Crippen LogP contribution in [0.25, 0.3) is 0 Å². The zero-order valence-corrected chi connectivity index (χ0v) is 17.1. The molecule has 1 aromatic carbocycles. The Kier molecular flexibility index (Phi) is 7.32. The van der Waals surface area contributed by atoms with Gasteiger partial charge in [0, 0.05) is 19.6 Å². The minimum absolute atomic E-state index is 0.0484. The van der Waals surface area contributed by atoms with E-state index in [-0.39, 0.29) is 30.7 Å². The molecule has 152 valence electrons. The number of hydrogen-bond acceptors (Lipinski definition) is 6. The average molecular weight is 400 g/mol. The first-order valence-electron chi connectivity index (χ1n) is 8.90. The number of nitrogens with one attached hydrogen (secondary N) is 1. The second kappa shape index (κ2) is 9.27. The first-order chi connectivity index (χ1) is 12.9. The van der Waals surface area contributed by atoms with Crippen LogP contribution in [0.4, 0.5) is 0 Å². The molecule has 27 heavy (non-hydrogen) atoms. The van der Waals surface area contributed by atoms with Crippen molar-refractivity contribution >= 4 is 15.9 Å². The highest BCUT2D eigenvalue weighted by Gasteiger charge is 2.31. The van der Waals surface area contributed by atoms with Crippen molar-refractivity contribution < 1.29 is 27.4 Å². The van der Waals surface area contributed by atoms with Crippen LogP contribution in [0.15, 0.2) is 12.1 Å². The quantitative estimate of drug-likeness (QED) is 0.709. The number of methoxy groups -OCH3 is 3. The molecule has 1 aliphatic rings. The summed E-state index contributed by atoms with van der Waals surface area (Å²) in [6, 6.07) is 3.55. The van der Waals surface area contributed by atoms with Gasteiger partial charge in [-0.2, -0.15) is 0 Å². The van der Waals surface area contributed by atoms with Crippen LogP contribution in [-0.2, 0) is 21.4 Å². The van der Waals surface area contributed by atoms with Gasteiger partial charge in [-0.15, -0.1) is 0 Å². The van der Waals surface area contributed by atoms with E-state index in [1.54, 1.807) is 19.1 Å². The van der Waals surface area contributed by atoms with Gasteiger partial charge in [0.2, 0.25) is 21.7 Å². The predicted octanol–water partition coefficient (Wildman–Crippen LogP) is 1.39. The highest BCUT2D eigenvalue weighted by atomic mass is 32.2. The SMILES string of the molecule is CCS(=O)(=O)N1CCC[C@H](C(=O)NCc2cc(OC)c(OC)c(OC)c2)C1. The van der Waals surface area contributed by atoms with Gasteiger partial charge >= 0.3 is 0 Å². The Bertz CT molecular complexity index is 740. The topological polar surface area (TPSA) is 94.2 Å². The molecule has 0 bridgehead atoms. The van der Waals surface area contributed by atoms with Gasteiger partial charge in [-0.1, -0.05) is 0 Å². The van der Waals surface area contributed by atoms with Crippen molar-refractivity contribution in [3.63, 3.8) is 0 Å². The lowest BCUT2D eigenvalue weighted by atomic mass is 9.98. The maximum Gasteiger partial charge on any atom is 0.224 e. The Morgan fingerprint density at radius 1 is 1.19 bits per heavy atom. The van der Waals surface area contributed by atoms with Crippen LogP contribution in [0.2, 0.25) is 0 Å². The Morgan fingerprint density at radius 3 is 2.33 bits per heavy atom. The van der Waals surface area contributed by atoms with Gasteiger partial charge in [0.25, 0.3) is 0 Å². The molecule has 0 aromatic heterocycles. The van der Waals surface area contributed by atoms with Crippen molar-refractivity contribution in [2.24, 2.45) is 5.92 Å². The van der Waals surface area contributed by atoms with Gasteiger partial charge in [0.1, 0.15) is 0 Å². The predicted molar refractivity (Wildman–Crippen MR) is 102 cm³/mol. The second-order valence-electron chi connectivity index (χ2n) is 6.35. The van der Waals surface area contributed by atoms with E-state index < -0.39 is 10.0 Å². The number of ether oxygens (including phenoxy) is 3. The zero-order chi connectivity index (χ0) is 20.0. The van der Waals surface area contributed by atoms with Gasteiger partial charge < -0.3 is 19.5 Å². The highest BCUT2D eigenvalue weighted by molar-refractivity contribution is 7.89. The number of carbonyl (C=O) groups is 1. The molecule has 0 aliphatic carbocycles. The van der Waals surface area contributed by atoms with E-state index in [0.717, 1.165) is 5.56 Å². The van der Waals surface area contributed by atoms with E-state index in [0.29, 0.717) is 36.6 Å². The number of benzene rings is 1. The van der Waals surface area contributed by atoms with Crippen LogP contribution < -0.4 is 19.5 Å². The zero-order valence-electron chi connectivity index (χ0n) is 16.3. The minimum atomic E-state index is -3.27. The smallest absolute Gasteiger partial charge is 0.224 e. The van der Waals surface area contributed by atoms with Crippen LogP contribution in [0, 0.1) is 5.92 Å². The van der Waals surface area contributed by atoms with Gasteiger partial charge in [-0.25, -0.2) is 12.7 Å². The third-order valence-corrected chi connectivity index (χ3v) is 6.55. The lowest BCUT2D eigenvalue weighted by Crippen LogP contribution is -2.45. The third-order valence-electron chi connectivity index (χ3n) is 4.70. The molecule has 1 atom stereocenters. The molecule has 0 unspecified atom stereocenters. The molecule has 0 saturated carbocycles. The van der Waals surface area contributed by atoms with Gasteiger partial charge in [0.15, 0.2) is 11.5 Å². The van der Waals surface area contributed by atoms with E-state index in [9.17, 15) is 13.2 Å². The molecular formula is C18H28N2O6S. The fourth-order valence-electron chi connectivity index (χ4n) is 3.16. The fraction of sp³-hybridized carbons (Fsp3) is 0.611. The van der Waals surface area contributed by atoms with E-state index in [1.165, 1.54) is 25.6 Å². The van der Waals surface area contributed by atoms with Crippen molar-refractivity contribution in [1.29, 1.82) is 0 Å². The Labute approximate surface area is 160 Å². The van der Waals surface area contributed by atoms with Crippen LogP contribution >= 0.6 is 0 Å². The molecule has 1 heterocycles. The number of rotatable bonds is 8. The van der Waals surface area contributed by atoms with Gasteiger partial charge in [-0.05, 0) is 37.5 Å². The summed E-state index contributed by atoms with van der Waals surface area (Å²) in [4.78, 5) is 12.5. The number of hydrogen-bond donors (Lipinski definition) is 1. The summed E-state index contributed by atoms with van der Waals surface area (Å²) in [7, 11) is 1.32. The van der Waals surface area contributed by atoms with E-state index in [4.69, 9.17) is 14.2 Å². The molecule has 8 nitrogen and oxygen atoms in total. The highest BCUT2D eigenvalue weighted by Crippen LogP contribution is 2.38.